The highest BCUT2D eigenvalue weighted by Gasteiger charge is 2.18. The maximum Gasteiger partial charge on any atom is 0.254 e. The summed E-state index contributed by atoms with van der Waals surface area (Å²) in [5, 5.41) is 0. The molecule has 1 aromatic heterocycles. The monoisotopic (exact) mass is 466 g/mol. The molecule has 0 fully saturated rings. The number of hydrogen-bond acceptors (Lipinski definition) is 2. The molecular formula is C31H34N2O2. The summed E-state index contributed by atoms with van der Waals surface area (Å²) < 4.78 is 7.59. The fourth-order valence-corrected chi connectivity index (χ4v) is 4.29. The Kier molecular flexibility index (Phi) is 8.39. The van der Waals surface area contributed by atoms with Crippen LogP contribution in [0.2, 0.25) is 0 Å². The van der Waals surface area contributed by atoms with Crippen LogP contribution in [0, 0.1) is 0 Å². The Bertz CT molecular complexity index is 1210. The molecule has 0 atom stereocenters. The first-order valence-corrected chi connectivity index (χ1v) is 12.4. The van der Waals surface area contributed by atoms with Crippen LogP contribution in [-0.2, 0) is 26.1 Å². The Balaban J connectivity index is 1.56. The van der Waals surface area contributed by atoms with Crippen molar-refractivity contribution in [1.29, 1.82) is 0 Å². The Morgan fingerprint density at radius 3 is 2.34 bits per heavy atom. The second-order valence-electron chi connectivity index (χ2n) is 8.93. The molecule has 3 aromatic carbocycles. The maximum atomic E-state index is 13.7. The molecule has 4 heteroatoms. The zero-order valence-electron chi connectivity index (χ0n) is 20.7. The van der Waals surface area contributed by atoms with Crippen molar-refractivity contribution in [1.82, 2.24) is 9.47 Å². The smallest absolute Gasteiger partial charge is 0.254 e. The van der Waals surface area contributed by atoms with Crippen molar-refractivity contribution in [3.05, 3.63) is 125 Å². The lowest BCUT2D eigenvalue weighted by molar-refractivity contribution is 0.0726. The quantitative estimate of drug-likeness (QED) is 0.246. The van der Waals surface area contributed by atoms with Gasteiger partial charge in [-0.1, -0.05) is 67.9 Å². The molecule has 35 heavy (non-hydrogen) atoms. The molecule has 0 aliphatic carbocycles. The zero-order valence-corrected chi connectivity index (χ0v) is 20.7. The van der Waals surface area contributed by atoms with Gasteiger partial charge in [-0.3, -0.25) is 4.79 Å². The van der Waals surface area contributed by atoms with Crippen molar-refractivity contribution < 1.29 is 9.53 Å². The van der Waals surface area contributed by atoms with Crippen LogP contribution in [0.15, 0.2) is 97.2 Å². The van der Waals surface area contributed by atoms with Gasteiger partial charge in [0.2, 0.25) is 0 Å². The molecular weight excluding hydrogens is 432 g/mol. The third-order valence-corrected chi connectivity index (χ3v) is 6.29. The van der Waals surface area contributed by atoms with Crippen molar-refractivity contribution in [3.63, 3.8) is 0 Å². The van der Waals surface area contributed by atoms with E-state index in [4.69, 9.17) is 4.74 Å². The van der Waals surface area contributed by atoms with Crippen molar-refractivity contribution in [2.24, 2.45) is 0 Å². The van der Waals surface area contributed by atoms with Crippen molar-refractivity contribution >= 4 is 5.91 Å². The number of hydrogen-bond donors (Lipinski definition) is 0. The number of carbonyl (C=O) groups is 1. The minimum Gasteiger partial charge on any atom is -0.497 e. The molecule has 180 valence electrons. The molecule has 4 nitrogen and oxygen atoms in total. The molecule has 0 saturated heterocycles. The van der Waals surface area contributed by atoms with Gasteiger partial charge >= 0.3 is 0 Å². The van der Waals surface area contributed by atoms with Gasteiger partial charge in [-0.2, -0.15) is 0 Å². The summed E-state index contributed by atoms with van der Waals surface area (Å²) in [6, 6.07) is 30.6. The van der Waals surface area contributed by atoms with E-state index < -0.39 is 0 Å². The van der Waals surface area contributed by atoms with Crippen molar-refractivity contribution in [2.45, 2.75) is 45.8 Å². The summed E-state index contributed by atoms with van der Waals surface area (Å²) in [4.78, 5) is 15.6. The number of amides is 1. The molecule has 1 heterocycles. The normalized spacial score (nSPS) is 10.8. The fraction of sp³-hybridized carbons (Fsp3) is 0.258. The van der Waals surface area contributed by atoms with Crippen LogP contribution in [0.1, 0.15) is 52.5 Å². The predicted octanol–water partition coefficient (Wildman–Crippen LogP) is 6.73. The number of rotatable bonds is 11. The summed E-state index contributed by atoms with van der Waals surface area (Å²) in [5.41, 5.74) is 5.38. The molecule has 0 N–H and O–H groups in total. The summed E-state index contributed by atoms with van der Waals surface area (Å²) in [5.74, 6) is 0.893. The summed E-state index contributed by atoms with van der Waals surface area (Å²) in [6.07, 6.45) is 5.46. The van der Waals surface area contributed by atoms with E-state index in [0.29, 0.717) is 13.1 Å². The van der Waals surface area contributed by atoms with Crippen LogP contribution in [0.3, 0.4) is 0 Å². The Morgan fingerprint density at radius 1 is 0.829 bits per heavy atom. The van der Waals surface area contributed by atoms with Crippen LogP contribution < -0.4 is 4.74 Å². The van der Waals surface area contributed by atoms with Gasteiger partial charge in [-0.25, -0.2) is 0 Å². The number of nitrogens with zero attached hydrogens (tertiary/aromatic N) is 2. The number of aryl methyl sites for hydroxylation is 1. The summed E-state index contributed by atoms with van der Waals surface area (Å²) >= 11 is 0. The highest BCUT2D eigenvalue weighted by atomic mass is 16.5. The first-order chi connectivity index (χ1) is 17.2. The number of aromatic nitrogens is 1. The van der Waals surface area contributed by atoms with E-state index in [2.05, 4.69) is 60.2 Å². The standard InChI is InChI=1S/C31H34N2O2/c1-3-4-10-25-16-18-28(19-17-25)31(34)33(22-26-11-6-5-7-12-26)24-29-14-9-20-32(29)23-27-13-8-15-30(21-27)35-2/h5-9,11-21H,3-4,10,22-24H2,1-2H3. The highest BCUT2D eigenvalue weighted by molar-refractivity contribution is 5.94. The van der Waals surface area contributed by atoms with Crippen LogP contribution in [0.4, 0.5) is 0 Å². The van der Waals surface area contributed by atoms with Gasteiger partial charge in [-0.05, 0) is 65.9 Å². The Hall–Kier alpha value is -3.79. The van der Waals surface area contributed by atoms with Crippen LogP contribution >= 0.6 is 0 Å². The topological polar surface area (TPSA) is 34.5 Å². The predicted molar refractivity (Wildman–Crippen MR) is 142 cm³/mol. The molecule has 1 amide bonds. The second-order valence-corrected chi connectivity index (χ2v) is 8.93. The largest absolute Gasteiger partial charge is 0.497 e. The minimum atomic E-state index is 0.0463. The van der Waals surface area contributed by atoms with Gasteiger partial charge < -0.3 is 14.2 Å². The lowest BCUT2D eigenvalue weighted by Gasteiger charge is -2.24. The van der Waals surface area contributed by atoms with E-state index in [0.717, 1.165) is 47.5 Å². The minimum absolute atomic E-state index is 0.0463. The van der Waals surface area contributed by atoms with Gasteiger partial charge in [0.15, 0.2) is 0 Å². The van der Waals surface area contributed by atoms with Gasteiger partial charge in [0.1, 0.15) is 5.75 Å². The lowest BCUT2D eigenvalue weighted by Crippen LogP contribution is -2.31. The second kappa shape index (κ2) is 12.1. The number of ether oxygens (including phenoxy) is 1. The van der Waals surface area contributed by atoms with Crippen LogP contribution in [0.5, 0.6) is 5.75 Å². The van der Waals surface area contributed by atoms with E-state index >= 15 is 0 Å². The third-order valence-electron chi connectivity index (χ3n) is 6.29. The third kappa shape index (κ3) is 6.63. The molecule has 4 aromatic rings. The maximum absolute atomic E-state index is 13.7. The number of carbonyl (C=O) groups excluding carboxylic acids is 1. The van der Waals surface area contributed by atoms with E-state index in [-0.39, 0.29) is 5.91 Å². The van der Waals surface area contributed by atoms with E-state index in [9.17, 15) is 4.79 Å². The highest BCUT2D eigenvalue weighted by Crippen LogP contribution is 2.19. The number of methoxy groups -OCH3 is 1. The molecule has 0 spiro atoms. The van der Waals surface area contributed by atoms with Gasteiger partial charge in [0.25, 0.3) is 5.91 Å². The van der Waals surface area contributed by atoms with Crippen molar-refractivity contribution in [3.8, 4) is 5.75 Å². The average molecular weight is 467 g/mol. The summed E-state index contributed by atoms with van der Waals surface area (Å²) in [7, 11) is 1.68. The van der Waals surface area contributed by atoms with E-state index in [1.165, 1.54) is 12.0 Å². The van der Waals surface area contributed by atoms with Crippen LogP contribution in [-0.4, -0.2) is 22.5 Å². The molecule has 0 saturated carbocycles. The molecule has 4 rings (SSSR count). The van der Waals surface area contributed by atoms with Gasteiger partial charge in [0.05, 0.1) is 13.7 Å². The molecule has 0 aliphatic heterocycles. The molecule has 0 radical (unpaired) electrons. The number of benzene rings is 3. The first-order valence-electron chi connectivity index (χ1n) is 12.4. The average Bonchev–Trinajstić information content (AvgIpc) is 3.34. The first kappa shape index (κ1) is 24.3. The SMILES string of the molecule is CCCCc1ccc(C(=O)N(Cc2ccccc2)Cc2cccn2Cc2cccc(OC)c2)cc1. The fourth-order valence-electron chi connectivity index (χ4n) is 4.29. The van der Waals surface area contributed by atoms with E-state index in [1.54, 1.807) is 7.11 Å². The van der Waals surface area contributed by atoms with Crippen molar-refractivity contribution in [2.75, 3.05) is 7.11 Å². The molecule has 0 unspecified atom stereocenters. The Labute approximate surface area is 208 Å². The molecule has 0 aliphatic rings. The van der Waals surface area contributed by atoms with Crippen LogP contribution in [0.25, 0.3) is 0 Å². The Morgan fingerprint density at radius 2 is 1.60 bits per heavy atom. The van der Waals surface area contributed by atoms with E-state index in [1.807, 2.05) is 53.4 Å². The zero-order chi connectivity index (χ0) is 24.5. The van der Waals surface area contributed by atoms with Gasteiger partial charge in [-0.15, -0.1) is 0 Å². The lowest BCUT2D eigenvalue weighted by atomic mass is 10.1. The molecule has 0 bridgehead atoms. The number of unbranched alkanes of at least 4 members (excludes halogenated alkanes) is 1. The van der Waals surface area contributed by atoms with Gasteiger partial charge in [0, 0.05) is 30.5 Å². The summed E-state index contributed by atoms with van der Waals surface area (Å²) in [6.45, 7) is 4.01.